The van der Waals surface area contributed by atoms with E-state index in [2.05, 4.69) is 60.8 Å². The van der Waals surface area contributed by atoms with Crippen molar-refractivity contribution in [3.63, 3.8) is 0 Å². The molecule has 1 aromatic carbocycles. The van der Waals surface area contributed by atoms with Gasteiger partial charge in [0.1, 0.15) is 5.69 Å². The average Bonchev–Trinajstić information content (AvgIpc) is 2.35. The molecule has 2 nitrogen and oxygen atoms in total. The maximum Gasteiger partial charge on any atom is 0.295 e. The van der Waals surface area contributed by atoms with Crippen molar-refractivity contribution in [2.45, 2.75) is 34.1 Å². The molecule has 2 rings (SSSR count). The highest BCUT2D eigenvalue weighted by Crippen LogP contribution is 2.08. The van der Waals surface area contributed by atoms with E-state index in [0.29, 0.717) is 0 Å². The number of rotatable bonds is 3. The maximum absolute atomic E-state index is 4.64. The van der Waals surface area contributed by atoms with Gasteiger partial charge in [0.25, 0.3) is 5.82 Å². The summed E-state index contributed by atoms with van der Waals surface area (Å²) in [6.07, 6.45) is 1.96. The van der Waals surface area contributed by atoms with Crippen molar-refractivity contribution >= 4 is 0 Å². The van der Waals surface area contributed by atoms with Crippen LogP contribution in [0.5, 0.6) is 0 Å². The van der Waals surface area contributed by atoms with Gasteiger partial charge in [0.05, 0.1) is 7.05 Å². The molecule has 0 amide bonds. The summed E-state index contributed by atoms with van der Waals surface area (Å²) in [5.74, 6) is 1.08. The van der Waals surface area contributed by atoms with Gasteiger partial charge in [-0.2, -0.15) is 0 Å². The second kappa shape index (κ2) is 6.29. The fourth-order valence-corrected chi connectivity index (χ4v) is 2.05. The summed E-state index contributed by atoms with van der Waals surface area (Å²) in [6, 6.07) is 12.7. The van der Waals surface area contributed by atoms with Crippen molar-refractivity contribution in [1.29, 1.82) is 0 Å². The van der Waals surface area contributed by atoms with Gasteiger partial charge in [-0.05, 0) is 5.56 Å². The number of aromatic nitrogens is 2. The zero-order valence-corrected chi connectivity index (χ0v) is 10.8. The predicted octanol–water partition coefficient (Wildman–Crippen LogP) is 3.00. The van der Waals surface area contributed by atoms with Crippen LogP contribution in [0.3, 0.4) is 0 Å². The van der Waals surface area contributed by atoms with E-state index < -0.39 is 0 Å². The van der Waals surface area contributed by atoms with Crippen LogP contribution in [0.15, 0.2) is 36.4 Å². The molecule has 0 saturated heterocycles. The van der Waals surface area contributed by atoms with E-state index in [-0.39, 0.29) is 7.43 Å². The highest BCUT2D eigenvalue weighted by atomic mass is 15.0. The molecule has 0 bridgehead atoms. The molecule has 0 aliphatic carbocycles. The Morgan fingerprint density at radius 3 is 2.44 bits per heavy atom. The third kappa shape index (κ3) is 3.16. The van der Waals surface area contributed by atoms with Crippen molar-refractivity contribution in [3.8, 4) is 0 Å². The molecular weight excluding hydrogens is 220 g/mol. The summed E-state index contributed by atoms with van der Waals surface area (Å²) in [7, 11) is 2.08. The second-order valence-electron chi connectivity index (χ2n) is 4.36. The number of nitrogens with zero attached hydrogens (tertiary/aromatic N) is 2. The third-order valence-electron chi connectivity index (χ3n) is 3.15. The monoisotopic (exact) mass is 243 g/mol. The third-order valence-corrected chi connectivity index (χ3v) is 3.15. The van der Waals surface area contributed by atoms with Crippen LogP contribution in [0.4, 0.5) is 0 Å². The van der Waals surface area contributed by atoms with Crippen molar-refractivity contribution in [2.24, 2.45) is 7.05 Å². The molecular formula is C16H23N2+. The lowest BCUT2D eigenvalue weighted by Gasteiger charge is -2.04. The van der Waals surface area contributed by atoms with E-state index in [1.165, 1.54) is 11.3 Å². The summed E-state index contributed by atoms with van der Waals surface area (Å²) in [6.45, 7) is 4.24. The molecule has 0 fully saturated rings. The van der Waals surface area contributed by atoms with Gasteiger partial charge in [0.15, 0.2) is 5.69 Å². The van der Waals surface area contributed by atoms with Crippen LogP contribution in [-0.2, 0) is 19.9 Å². The zero-order chi connectivity index (χ0) is 12.3. The summed E-state index contributed by atoms with van der Waals surface area (Å²) >= 11 is 0. The average molecular weight is 243 g/mol. The molecule has 0 saturated carbocycles. The van der Waals surface area contributed by atoms with Crippen molar-refractivity contribution in [1.82, 2.24) is 4.98 Å². The highest BCUT2D eigenvalue weighted by molar-refractivity contribution is 5.21. The lowest BCUT2D eigenvalue weighted by atomic mass is 10.1. The molecule has 0 aliphatic rings. The smallest absolute Gasteiger partial charge is 0.235 e. The van der Waals surface area contributed by atoms with Crippen molar-refractivity contribution in [3.05, 3.63) is 59.2 Å². The van der Waals surface area contributed by atoms with Crippen LogP contribution in [0.1, 0.15) is 37.1 Å². The first-order valence-corrected chi connectivity index (χ1v) is 6.10. The molecule has 18 heavy (non-hydrogen) atoms. The Bertz CT molecular complexity index is 504. The SMILES string of the molecule is C.CCc1cc(Cc2ccccc2)nc(C)[n+]1C. The molecule has 0 spiro atoms. The number of benzene rings is 1. The number of hydrogen-bond donors (Lipinski definition) is 0. The summed E-state index contributed by atoms with van der Waals surface area (Å²) in [4.78, 5) is 4.64. The van der Waals surface area contributed by atoms with Crippen LogP contribution in [0.2, 0.25) is 0 Å². The molecule has 0 unspecified atom stereocenters. The minimum Gasteiger partial charge on any atom is -0.235 e. The Labute approximate surface area is 110 Å². The Morgan fingerprint density at radius 1 is 1.17 bits per heavy atom. The van der Waals surface area contributed by atoms with E-state index in [0.717, 1.165) is 24.4 Å². The van der Waals surface area contributed by atoms with E-state index in [4.69, 9.17) is 0 Å². The Kier molecular flexibility index (Phi) is 5.02. The quantitative estimate of drug-likeness (QED) is 0.757. The lowest BCUT2D eigenvalue weighted by Crippen LogP contribution is -2.38. The van der Waals surface area contributed by atoms with Crippen LogP contribution in [-0.4, -0.2) is 4.98 Å². The lowest BCUT2D eigenvalue weighted by molar-refractivity contribution is -0.688. The van der Waals surface area contributed by atoms with Gasteiger partial charge >= 0.3 is 0 Å². The molecule has 0 radical (unpaired) electrons. The van der Waals surface area contributed by atoms with E-state index in [9.17, 15) is 0 Å². The van der Waals surface area contributed by atoms with Gasteiger partial charge in [-0.15, -0.1) is 0 Å². The standard InChI is InChI=1S/C15H19N2.CH4/c1-4-15-11-14(16-12(2)17(15)3)10-13-8-6-5-7-9-13;/h5-9,11H,4,10H2,1-3H3;1H4/q+1;. The zero-order valence-electron chi connectivity index (χ0n) is 10.8. The second-order valence-corrected chi connectivity index (χ2v) is 4.36. The number of aryl methyl sites for hydroxylation is 2. The van der Waals surface area contributed by atoms with Crippen molar-refractivity contribution < 1.29 is 4.57 Å². The van der Waals surface area contributed by atoms with Gasteiger partial charge in [0.2, 0.25) is 0 Å². The number of hydrogen-bond acceptors (Lipinski definition) is 1. The minimum absolute atomic E-state index is 0. The molecule has 96 valence electrons. The van der Waals surface area contributed by atoms with Gasteiger partial charge < -0.3 is 0 Å². The van der Waals surface area contributed by atoms with Crippen molar-refractivity contribution in [2.75, 3.05) is 0 Å². The van der Waals surface area contributed by atoms with Gasteiger partial charge in [-0.1, -0.05) is 49.7 Å². The normalized spacial score (nSPS) is 9.94. The first-order valence-electron chi connectivity index (χ1n) is 6.10. The molecule has 2 heteroatoms. The maximum atomic E-state index is 4.64. The summed E-state index contributed by atoms with van der Waals surface area (Å²) < 4.78 is 2.16. The predicted molar refractivity (Wildman–Crippen MR) is 75.5 cm³/mol. The van der Waals surface area contributed by atoms with Gasteiger partial charge in [-0.25, -0.2) is 4.57 Å². The molecule has 2 aromatic rings. The first-order chi connectivity index (χ1) is 8.20. The fraction of sp³-hybridized carbons (Fsp3) is 0.375. The van der Waals surface area contributed by atoms with Gasteiger partial charge in [-0.3, -0.25) is 0 Å². The van der Waals surface area contributed by atoms with Gasteiger partial charge in [0, 0.05) is 25.8 Å². The van der Waals surface area contributed by atoms with Crippen LogP contribution >= 0.6 is 0 Å². The fourth-order valence-electron chi connectivity index (χ4n) is 2.05. The summed E-state index contributed by atoms with van der Waals surface area (Å²) in [5, 5.41) is 0. The van der Waals surface area contributed by atoms with E-state index in [1.54, 1.807) is 0 Å². The molecule has 1 aromatic heterocycles. The molecule has 0 atom stereocenters. The molecule has 1 heterocycles. The minimum atomic E-state index is 0. The first kappa shape index (κ1) is 14.4. The Morgan fingerprint density at radius 2 is 1.83 bits per heavy atom. The molecule has 0 aliphatic heterocycles. The van der Waals surface area contributed by atoms with Crippen LogP contribution in [0.25, 0.3) is 0 Å². The summed E-state index contributed by atoms with van der Waals surface area (Å²) in [5.41, 5.74) is 3.81. The largest absolute Gasteiger partial charge is 0.295 e. The van der Waals surface area contributed by atoms with E-state index in [1.807, 2.05) is 6.07 Å². The molecule has 0 N–H and O–H groups in total. The van der Waals surface area contributed by atoms with Crippen LogP contribution in [0, 0.1) is 6.92 Å². The van der Waals surface area contributed by atoms with Crippen LogP contribution < -0.4 is 4.57 Å². The van der Waals surface area contributed by atoms with E-state index >= 15 is 0 Å². The Hall–Kier alpha value is -1.70. The highest BCUT2D eigenvalue weighted by Gasteiger charge is 2.12. The topological polar surface area (TPSA) is 16.8 Å². The Balaban J connectivity index is 0.00000162.